The van der Waals surface area contributed by atoms with Gasteiger partial charge in [-0.05, 0) is 25.7 Å². The molecule has 1 aliphatic carbocycles. The van der Waals surface area contributed by atoms with Gasteiger partial charge in [0.2, 0.25) is 11.8 Å². The third-order valence-electron chi connectivity index (χ3n) is 3.04. The van der Waals surface area contributed by atoms with Crippen LogP contribution in [0.25, 0.3) is 0 Å². The van der Waals surface area contributed by atoms with E-state index in [4.69, 9.17) is 0 Å². The van der Waals surface area contributed by atoms with Crippen LogP contribution in [0.3, 0.4) is 0 Å². The summed E-state index contributed by atoms with van der Waals surface area (Å²) in [5.74, 6) is 6.04. The number of hydrogen-bond donors (Lipinski definition) is 1. The summed E-state index contributed by atoms with van der Waals surface area (Å²) in [6, 6.07) is -0.298. The number of rotatable bonds is 2. The monoisotopic (exact) mass is 220 g/mol. The van der Waals surface area contributed by atoms with E-state index in [0.29, 0.717) is 25.4 Å². The number of nitrogens with one attached hydrogen (secondary N) is 1. The number of carbonyl (C=O) groups excluding carboxylic acids is 2. The Morgan fingerprint density at radius 3 is 2.81 bits per heavy atom. The van der Waals surface area contributed by atoms with Gasteiger partial charge in [0.05, 0.1) is 6.54 Å². The molecule has 1 unspecified atom stereocenters. The lowest BCUT2D eigenvalue weighted by Gasteiger charge is -2.21. The fraction of sp³-hybridized carbons (Fsp3) is 0.667. The van der Waals surface area contributed by atoms with Gasteiger partial charge in [-0.25, -0.2) is 0 Å². The highest BCUT2D eigenvalue weighted by Gasteiger charge is 2.40. The molecule has 86 valence electrons. The molecule has 2 fully saturated rings. The van der Waals surface area contributed by atoms with Crippen molar-refractivity contribution in [1.29, 1.82) is 0 Å². The van der Waals surface area contributed by atoms with Crippen LogP contribution in [0.15, 0.2) is 0 Å². The number of carbonyl (C=O) groups is 2. The van der Waals surface area contributed by atoms with Crippen LogP contribution in [-0.4, -0.2) is 35.8 Å². The van der Waals surface area contributed by atoms with Crippen molar-refractivity contribution in [2.75, 3.05) is 13.1 Å². The third kappa shape index (κ3) is 2.35. The highest BCUT2D eigenvalue weighted by Crippen LogP contribution is 2.34. The van der Waals surface area contributed by atoms with Crippen LogP contribution in [-0.2, 0) is 9.59 Å². The van der Waals surface area contributed by atoms with Crippen molar-refractivity contribution in [3.05, 3.63) is 0 Å². The van der Waals surface area contributed by atoms with E-state index in [2.05, 4.69) is 17.2 Å². The minimum atomic E-state index is -0.298. The average Bonchev–Trinajstić information content (AvgIpc) is 3.08. The third-order valence-corrected chi connectivity index (χ3v) is 3.04. The molecular formula is C12H16N2O2. The first-order chi connectivity index (χ1) is 7.72. The van der Waals surface area contributed by atoms with Gasteiger partial charge in [0.25, 0.3) is 0 Å². The molecule has 1 heterocycles. The summed E-state index contributed by atoms with van der Waals surface area (Å²) in [5.41, 5.74) is 0. The Labute approximate surface area is 95.4 Å². The number of hydrogen-bond acceptors (Lipinski definition) is 2. The molecule has 0 bridgehead atoms. The molecule has 1 saturated heterocycles. The zero-order valence-electron chi connectivity index (χ0n) is 9.45. The number of amides is 2. The predicted octanol–water partition coefficient (Wildman–Crippen LogP) is 0.137. The van der Waals surface area contributed by atoms with Crippen LogP contribution in [0.4, 0.5) is 0 Å². The van der Waals surface area contributed by atoms with E-state index in [1.54, 1.807) is 11.8 Å². The van der Waals surface area contributed by atoms with Gasteiger partial charge < -0.3 is 10.2 Å². The van der Waals surface area contributed by atoms with Crippen molar-refractivity contribution in [3.63, 3.8) is 0 Å². The first kappa shape index (κ1) is 11.0. The van der Waals surface area contributed by atoms with Gasteiger partial charge in [-0.15, -0.1) is 5.92 Å². The molecule has 1 saturated carbocycles. The zero-order valence-corrected chi connectivity index (χ0v) is 9.45. The second-order valence-corrected chi connectivity index (χ2v) is 4.32. The van der Waals surface area contributed by atoms with Crippen molar-refractivity contribution in [1.82, 2.24) is 10.2 Å². The summed E-state index contributed by atoms with van der Waals surface area (Å²) in [4.78, 5) is 25.3. The molecular weight excluding hydrogens is 204 g/mol. The Bertz CT molecular complexity index is 363. The van der Waals surface area contributed by atoms with Crippen LogP contribution < -0.4 is 5.32 Å². The van der Waals surface area contributed by atoms with Gasteiger partial charge >= 0.3 is 0 Å². The molecule has 1 atom stereocenters. The van der Waals surface area contributed by atoms with Crippen LogP contribution in [0.1, 0.15) is 26.2 Å². The van der Waals surface area contributed by atoms with Gasteiger partial charge in [0.15, 0.2) is 0 Å². The van der Waals surface area contributed by atoms with Crippen molar-refractivity contribution in [3.8, 4) is 11.8 Å². The predicted molar refractivity (Wildman–Crippen MR) is 59.3 cm³/mol. The Hall–Kier alpha value is -1.50. The topological polar surface area (TPSA) is 49.4 Å². The Kier molecular flexibility index (Phi) is 3.14. The molecule has 1 N–H and O–H groups in total. The van der Waals surface area contributed by atoms with Gasteiger partial charge in [0, 0.05) is 13.0 Å². The minimum Gasteiger partial charge on any atom is -0.344 e. The summed E-state index contributed by atoms with van der Waals surface area (Å²) < 4.78 is 0. The fourth-order valence-electron chi connectivity index (χ4n) is 1.93. The number of nitrogens with zero attached hydrogens (tertiary/aromatic N) is 1. The van der Waals surface area contributed by atoms with E-state index in [-0.39, 0.29) is 17.9 Å². The van der Waals surface area contributed by atoms with Crippen molar-refractivity contribution >= 4 is 11.8 Å². The summed E-state index contributed by atoms with van der Waals surface area (Å²) in [6.45, 7) is 2.68. The fourth-order valence-corrected chi connectivity index (χ4v) is 1.93. The van der Waals surface area contributed by atoms with Gasteiger partial charge in [-0.3, -0.25) is 9.59 Å². The lowest BCUT2D eigenvalue weighted by molar-refractivity contribution is -0.133. The van der Waals surface area contributed by atoms with E-state index in [9.17, 15) is 9.59 Å². The molecule has 0 aromatic heterocycles. The van der Waals surface area contributed by atoms with E-state index in [1.807, 2.05) is 0 Å². The van der Waals surface area contributed by atoms with Crippen molar-refractivity contribution < 1.29 is 9.59 Å². The molecule has 4 heteroatoms. The SMILES string of the molecule is CC#CCN1CCC(=O)NC(C2CC2)C1=O. The van der Waals surface area contributed by atoms with Crippen LogP contribution >= 0.6 is 0 Å². The zero-order chi connectivity index (χ0) is 11.5. The minimum absolute atomic E-state index is 0.0165. The van der Waals surface area contributed by atoms with Crippen LogP contribution in [0, 0.1) is 17.8 Å². The maximum Gasteiger partial charge on any atom is 0.246 e. The second kappa shape index (κ2) is 4.56. The van der Waals surface area contributed by atoms with Crippen molar-refractivity contribution in [2.45, 2.75) is 32.2 Å². The van der Waals surface area contributed by atoms with Crippen molar-refractivity contribution in [2.24, 2.45) is 5.92 Å². The Morgan fingerprint density at radius 1 is 1.44 bits per heavy atom. The van der Waals surface area contributed by atoms with Gasteiger partial charge in [-0.1, -0.05) is 5.92 Å². The molecule has 0 radical (unpaired) electrons. The second-order valence-electron chi connectivity index (χ2n) is 4.32. The largest absolute Gasteiger partial charge is 0.344 e. The molecule has 2 rings (SSSR count). The standard InChI is InChI=1S/C12H16N2O2/c1-2-3-7-14-8-6-10(15)13-11(12(14)16)9-4-5-9/h9,11H,4-8H2,1H3,(H,13,15). The molecule has 2 aliphatic rings. The van der Waals surface area contributed by atoms with Gasteiger partial charge in [-0.2, -0.15) is 0 Å². The van der Waals surface area contributed by atoms with E-state index in [0.717, 1.165) is 12.8 Å². The normalized spacial score (nSPS) is 25.6. The van der Waals surface area contributed by atoms with E-state index < -0.39 is 0 Å². The summed E-state index contributed by atoms with van der Waals surface area (Å²) in [7, 11) is 0. The highest BCUT2D eigenvalue weighted by molar-refractivity contribution is 5.90. The average molecular weight is 220 g/mol. The maximum absolute atomic E-state index is 12.1. The molecule has 2 amide bonds. The molecule has 0 aromatic rings. The summed E-state index contributed by atoms with van der Waals surface area (Å²) >= 11 is 0. The lowest BCUT2D eigenvalue weighted by Crippen LogP contribution is -2.46. The van der Waals surface area contributed by atoms with Crippen LogP contribution in [0.5, 0.6) is 0 Å². The first-order valence-corrected chi connectivity index (χ1v) is 5.70. The van der Waals surface area contributed by atoms with E-state index >= 15 is 0 Å². The molecule has 4 nitrogen and oxygen atoms in total. The molecule has 0 aromatic carbocycles. The van der Waals surface area contributed by atoms with E-state index in [1.165, 1.54) is 0 Å². The summed E-state index contributed by atoms with van der Waals surface area (Å²) in [5, 5.41) is 2.82. The van der Waals surface area contributed by atoms with Crippen LogP contribution in [0.2, 0.25) is 0 Å². The van der Waals surface area contributed by atoms with Gasteiger partial charge in [0.1, 0.15) is 6.04 Å². The quantitative estimate of drug-likeness (QED) is 0.673. The summed E-state index contributed by atoms with van der Waals surface area (Å²) in [6.07, 6.45) is 2.48. The molecule has 16 heavy (non-hydrogen) atoms. The molecule has 0 spiro atoms. The highest BCUT2D eigenvalue weighted by atomic mass is 16.2. The Morgan fingerprint density at radius 2 is 2.19 bits per heavy atom. The first-order valence-electron chi connectivity index (χ1n) is 5.70. The Balaban J connectivity index is 2.08. The maximum atomic E-state index is 12.1. The molecule has 1 aliphatic heterocycles. The smallest absolute Gasteiger partial charge is 0.246 e. The lowest BCUT2D eigenvalue weighted by atomic mass is 10.1.